The molecule has 1 atom stereocenters. The Morgan fingerprint density at radius 2 is 1.93 bits per heavy atom. The Morgan fingerprint density at radius 3 is 2.69 bits per heavy atom. The maximum atomic E-state index is 5.34. The van der Waals surface area contributed by atoms with Gasteiger partial charge in [-0.1, -0.05) is 24.3 Å². The molecule has 0 saturated carbocycles. The summed E-state index contributed by atoms with van der Waals surface area (Å²) in [5.41, 5.74) is 5.92. The highest BCUT2D eigenvalue weighted by atomic mass is 16.5. The van der Waals surface area contributed by atoms with Gasteiger partial charge in [0.1, 0.15) is 5.75 Å². The molecule has 0 saturated heterocycles. The summed E-state index contributed by atoms with van der Waals surface area (Å²) in [6.45, 7) is 6.08. The van der Waals surface area contributed by atoms with E-state index >= 15 is 0 Å². The van der Waals surface area contributed by atoms with Gasteiger partial charge >= 0.3 is 0 Å². The molecule has 1 unspecified atom stereocenters. The summed E-state index contributed by atoms with van der Waals surface area (Å²) in [5.74, 6) is 0.889. The van der Waals surface area contributed by atoms with Gasteiger partial charge in [0.15, 0.2) is 0 Å². The van der Waals surface area contributed by atoms with Crippen molar-refractivity contribution < 1.29 is 4.74 Å². The van der Waals surface area contributed by atoms with Crippen LogP contribution in [0.4, 0.5) is 0 Å². The fourth-order valence-electron chi connectivity index (χ4n) is 3.80. The minimum absolute atomic E-state index is 0.241. The van der Waals surface area contributed by atoms with Crippen molar-refractivity contribution in [2.75, 3.05) is 7.11 Å². The van der Waals surface area contributed by atoms with Gasteiger partial charge in [0.25, 0.3) is 0 Å². The molecule has 4 heteroatoms. The average molecular weight is 386 g/mol. The predicted molar refractivity (Wildman–Crippen MR) is 119 cm³/mol. The van der Waals surface area contributed by atoms with Crippen LogP contribution in [-0.2, 0) is 13.1 Å². The first-order valence-electron chi connectivity index (χ1n) is 10.1. The standard InChI is InChI=1S/C25H27N3O/c1-4-28-24-12-11-19(14-21(24)16-25(28)23-10-5-6-13-26-23)17-27-18(2)20-8-7-9-22(15-20)29-3/h5-16,18,27H,4,17H2,1-3H3. The number of pyridine rings is 1. The number of nitrogens with one attached hydrogen (secondary N) is 1. The topological polar surface area (TPSA) is 39.1 Å². The number of hydrogen-bond donors (Lipinski definition) is 1. The average Bonchev–Trinajstić information content (AvgIpc) is 3.16. The Kier molecular flexibility index (Phi) is 5.63. The highest BCUT2D eigenvalue weighted by Crippen LogP contribution is 2.28. The Morgan fingerprint density at radius 1 is 1.03 bits per heavy atom. The second-order valence-electron chi connectivity index (χ2n) is 7.26. The number of hydrogen-bond acceptors (Lipinski definition) is 3. The molecule has 0 amide bonds. The molecule has 2 heterocycles. The predicted octanol–water partition coefficient (Wildman–Crippen LogP) is 5.58. The van der Waals surface area contributed by atoms with Crippen molar-refractivity contribution in [1.82, 2.24) is 14.9 Å². The van der Waals surface area contributed by atoms with Crippen LogP contribution in [0.2, 0.25) is 0 Å². The summed E-state index contributed by atoms with van der Waals surface area (Å²) in [4.78, 5) is 4.54. The van der Waals surface area contributed by atoms with E-state index in [1.807, 2.05) is 30.5 Å². The molecule has 148 valence electrons. The minimum atomic E-state index is 0.241. The number of rotatable bonds is 7. The summed E-state index contributed by atoms with van der Waals surface area (Å²) in [6.07, 6.45) is 1.85. The van der Waals surface area contributed by atoms with Crippen LogP contribution in [0.3, 0.4) is 0 Å². The normalized spacial score (nSPS) is 12.2. The van der Waals surface area contributed by atoms with Crippen molar-refractivity contribution in [3.05, 3.63) is 84.1 Å². The summed E-state index contributed by atoms with van der Waals surface area (Å²) in [5, 5.41) is 4.87. The van der Waals surface area contributed by atoms with Crippen LogP contribution in [0.1, 0.15) is 31.0 Å². The van der Waals surface area contributed by atoms with Crippen LogP contribution in [0.5, 0.6) is 5.75 Å². The van der Waals surface area contributed by atoms with Crippen LogP contribution >= 0.6 is 0 Å². The molecule has 0 aliphatic carbocycles. The number of fused-ring (bicyclic) bond motifs is 1. The lowest BCUT2D eigenvalue weighted by Crippen LogP contribution is -2.18. The van der Waals surface area contributed by atoms with E-state index in [9.17, 15) is 0 Å². The molecule has 0 radical (unpaired) electrons. The van der Waals surface area contributed by atoms with Gasteiger partial charge in [0, 0.05) is 36.2 Å². The molecule has 4 rings (SSSR count). The molecule has 1 N–H and O–H groups in total. The molecule has 0 aliphatic rings. The van der Waals surface area contributed by atoms with Crippen molar-refractivity contribution in [2.45, 2.75) is 33.0 Å². The van der Waals surface area contributed by atoms with Crippen LogP contribution in [0.25, 0.3) is 22.3 Å². The summed E-state index contributed by atoms with van der Waals surface area (Å²) in [7, 11) is 1.70. The summed E-state index contributed by atoms with van der Waals surface area (Å²) >= 11 is 0. The third-order valence-electron chi connectivity index (χ3n) is 5.42. The number of methoxy groups -OCH3 is 1. The van der Waals surface area contributed by atoms with Gasteiger partial charge in [-0.2, -0.15) is 0 Å². The first-order chi connectivity index (χ1) is 14.2. The third-order valence-corrected chi connectivity index (χ3v) is 5.42. The molecule has 0 spiro atoms. The van der Waals surface area contributed by atoms with Crippen LogP contribution in [0.15, 0.2) is 72.9 Å². The zero-order chi connectivity index (χ0) is 20.2. The van der Waals surface area contributed by atoms with Crippen LogP contribution in [0, 0.1) is 0 Å². The summed E-state index contributed by atoms with van der Waals surface area (Å²) in [6, 6.07) is 23.5. The van der Waals surface area contributed by atoms with Gasteiger partial charge < -0.3 is 14.6 Å². The molecule has 2 aromatic heterocycles. The van der Waals surface area contributed by atoms with Gasteiger partial charge in [-0.3, -0.25) is 4.98 Å². The molecule has 0 bridgehead atoms. The molecule has 0 aliphatic heterocycles. The van der Waals surface area contributed by atoms with E-state index in [1.165, 1.54) is 22.0 Å². The first-order valence-corrected chi connectivity index (χ1v) is 10.1. The van der Waals surface area contributed by atoms with Gasteiger partial charge in [0.2, 0.25) is 0 Å². The largest absolute Gasteiger partial charge is 0.497 e. The molecule has 29 heavy (non-hydrogen) atoms. The lowest BCUT2D eigenvalue weighted by Gasteiger charge is -2.15. The highest BCUT2D eigenvalue weighted by Gasteiger charge is 2.11. The van der Waals surface area contributed by atoms with E-state index in [0.29, 0.717) is 0 Å². The Hall–Kier alpha value is -3.11. The zero-order valence-corrected chi connectivity index (χ0v) is 17.2. The van der Waals surface area contributed by atoms with Crippen molar-refractivity contribution in [3.8, 4) is 17.1 Å². The van der Waals surface area contributed by atoms with Crippen molar-refractivity contribution in [1.29, 1.82) is 0 Å². The van der Waals surface area contributed by atoms with Gasteiger partial charge in [0.05, 0.1) is 18.5 Å². The zero-order valence-electron chi connectivity index (χ0n) is 17.2. The Labute approximate surface area is 172 Å². The minimum Gasteiger partial charge on any atom is -0.497 e. The lowest BCUT2D eigenvalue weighted by atomic mass is 10.1. The van der Waals surface area contributed by atoms with E-state index in [-0.39, 0.29) is 6.04 Å². The van der Waals surface area contributed by atoms with E-state index in [1.54, 1.807) is 7.11 Å². The Bertz CT molecular complexity index is 1100. The molecular formula is C25H27N3O. The van der Waals surface area contributed by atoms with Crippen molar-refractivity contribution in [3.63, 3.8) is 0 Å². The van der Waals surface area contributed by atoms with Crippen molar-refractivity contribution in [2.24, 2.45) is 0 Å². The van der Waals surface area contributed by atoms with Crippen LogP contribution < -0.4 is 10.1 Å². The smallest absolute Gasteiger partial charge is 0.119 e. The Balaban J connectivity index is 1.56. The van der Waals surface area contributed by atoms with E-state index in [4.69, 9.17) is 4.74 Å². The maximum Gasteiger partial charge on any atom is 0.119 e. The fraction of sp³-hybridized carbons (Fsp3) is 0.240. The van der Waals surface area contributed by atoms with Crippen LogP contribution in [-0.4, -0.2) is 16.7 Å². The molecular weight excluding hydrogens is 358 g/mol. The quantitative estimate of drug-likeness (QED) is 0.451. The number of aromatic nitrogens is 2. The second kappa shape index (κ2) is 8.50. The number of nitrogens with zero attached hydrogens (tertiary/aromatic N) is 2. The monoisotopic (exact) mass is 385 g/mol. The number of aryl methyl sites for hydroxylation is 1. The van der Waals surface area contributed by atoms with E-state index in [0.717, 1.165) is 30.2 Å². The maximum absolute atomic E-state index is 5.34. The molecule has 4 nitrogen and oxygen atoms in total. The third kappa shape index (κ3) is 4.03. The van der Waals surface area contributed by atoms with Gasteiger partial charge in [-0.15, -0.1) is 0 Å². The molecule has 0 fully saturated rings. The van der Waals surface area contributed by atoms with Crippen molar-refractivity contribution >= 4 is 10.9 Å². The van der Waals surface area contributed by atoms with E-state index < -0.39 is 0 Å². The fourth-order valence-corrected chi connectivity index (χ4v) is 3.80. The van der Waals surface area contributed by atoms with Gasteiger partial charge in [-0.05, 0) is 67.4 Å². The highest BCUT2D eigenvalue weighted by molar-refractivity contribution is 5.87. The number of benzene rings is 2. The molecule has 2 aromatic carbocycles. The first kappa shape index (κ1) is 19.2. The summed E-state index contributed by atoms with van der Waals surface area (Å²) < 4.78 is 7.67. The van der Waals surface area contributed by atoms with E-state index in [2.05, 4.69) is 71.2 Å². The van der Waals surface area contributed by atoms with Gasteiger partial charge in [-0.25, -0.2) is 0 Å². The lowest BCUT2D eigenvalue weighted by molar-refractivity contribution is 0.413. The number of ether oxygens (including phenoxy) is 1. The molecule has 4 aromatic rings. The second-order valence-corrected chi connectivity index (χ2v) is 7.26. The SMILES string of the molecule is CCn1c(-c2ccccn2)cc2cc(CNC(C)c3cccc(OC)c3)ccc21.